The van der Waals surface area contributed by atoms with Crippen molar-refractivity contribution in [1.29, 1.82) is 0 Å². The Kier molecular flexibility index (Phi) is 20.8. The Morgan fingerprint density at radius 2 is 0.681 bits per heavy atom. The average Bonchev–Trinajstić information content (AvgIpc) is 3.04. The van der Waals surface area contributed by atoms with Crippen molar-refractivity contribution >= 4 is 70.2 Å². The lowest BCUT2D eigenvalue weighted by Gasteiger charge is -2.44. The summed E-state index contributed by atoms with van der Waals surface area (Å²) in [6.45, 7) is 13.2. The van der Waals surface area contributed by atoms with Crippen LogP contribution >= 0.6 is 0 Å². The Labute approximate surface area is 291 Å². The Morgan fingerprint density at radius 1 is 0.319 bits per heavy atom. The van der Waals surface area contributed by atoms with Crippen LogP contribution in [0.3, 0.4) is 0 Å². The summed E-state index contributed by atoms with van der Waals surface area (Å²) in [6, 6.07) is 0.834. The van der Waals surface area contributed by atoms with E-state index in [4.69, 9.17) is 73.4 Å². The van der Waals surface area contributed by atoms with Gasteiger partial charge in [-0.1, -0.05) is 13.3 Å². The molecule has 0 aliphatic rings. The van der Waals surface area contributed by atoms with Crippen LogP contribution in [-0.4, -0.2) is 148 Å². The van der Waals surface area contributed by atoms with Crippen molar-refractivity contribution in [2.75, 3.05) is 78.2 Å². The van der Waals surface area contributed by atoms with E-state index in [0.29, 0.717) is 12.5 Å². The fourth-order valence-corrected chi connectivity index (χ4v) is 32.3. The normalized spacial score (nSPS) is 18.8. The summed E-state index contributed by atoms with van der Waals surface area (Å²) in [7, 11) is -11.6. The smallest absolute Gasteiger partial charge is 0.416 e. The minimum Gasteiger partial charge on any atom is -0.416 e. The van der Waals surface area contributed by atoms with Gasteiger partial charge >= 0.3 is 61.9 Å². The van der Waals surface area contributed by atoms with E-state index in [1.165, 1.54) is 78.2 Å². The summed E-state index contributed by atoms with van der Waals surface area (Å²) in [6.07, 6.45) is 0.676. The maximum Gasteiger partial charge on any atom is 0.657 e. The monoisotopic (exact) mass is 822 g/mol. The third-order valence-electron chi connectivity index (χ3n) is 6.97. The first-order valence-electron chi connectivity index (χ1n) is 15.0. The molecule has 0 saturated heterocycles. The van der Waals surface area contributed by atoms with Crippen molar-refractivity contribution in [3.8, 4) is 0 Å². The van der Waals surface area contributed by atoms with Crippen molar-refractivity contribution in [2.45, 2.75) is 70.8 Å². The molecule has 284 valence electrons. The van der Waals surface area contributed by atoms with E-state index >= 15 is 0 Å². The minimum atomic E-state index is -4.38. The van der Waals surface area contributed by atoms with E-state index in [1.807, 2.05) is 26.6 Å². The van der Waals surface area contributed by atoms with Gasteiger partial charge in [-0.05, 0) is 19.6 Å². The van der Waals surface area contributed by atoms with Crippen LogP contribution in [0.15, 0.2) is 0 Å². The van der Waals surface area contributed by atoms with Crippen molar-refractivity contribution < 1.29 is 73.4 Å². The highest BCUT2D eigenvalue weighted by molar-refractivity contribution is 6.87. The molecule has 25 heteroatoms. The lowest BCUT2D eigenvalue weighted by molar-refractivity contribution is 0.00745. The van der Waals surface area contributed by atoms with E-state index in [9.17, 15) is 0 Å². The fourth-order valence-electron chi connectivity index (χ4n) is 4.23. The second kappa shape index (κ2) is 20.3. The van der Waals surface area contributed by atoms with Crippen LogP contribution in [0.2, 0.25) is 57.4 Å². The van der Waals surface area contributed by atoms with E-state index in [2.05, 4.69) is 0 Å². The molecule has 0 spiro atoms. The quantitative estimate of drug-likeness (QED) is 0.106. The van der Waals surface area contributed by atoms with Gasteiger partial charge in [0.1, 0.15) is 0 Å². The molecule has 0 saturated carbocycles. The molecule has 4 unspecified atom stereocenters. The zero-order valence-electron chi connectivity index (χ0n) is 31.8. The summed E-state index contributed by atoms with van der Waals surface area (Å²) < 4.78 is 104. The Balaban J connectivity index is 7.32. The van der Waals surface area contributed by atoms with Gasteiger partial charge in [-0.15, -0.1) is 0 Å². The van der Waals surface area contributed by atoms with Crippen LogP contribution in [0.1, 0.15) is 13.3 Å². The highest BCUT2D eigenvalue weighted by Gasteiger charge is 2.66. The Bertz CT molecular complexity index is 877. The third-order valence-corrected chi connectivity index (χ3v) is 34.1. The molecule has 0 fully saturated rings. The zero-order valence-corrected chi connectivity index (χ0v) is 39.8. The summed E-state index contributed by atoms with van der Waals surface area (Å²) in [5, 5.41) is 0. The molecule has 0 aliphatic carbocycles. The van der Waals surface area contributed by atoms with Gasteiger partial charge in [0.25, 0.3) is 0 Å². The Morgan fingerprint density at radius 3 is 1.00 bits per heavy atom. The van der Waals surface area contributed by atoms with E-state index in [0.717, 1.165) is 0 Å². The van der Waals surface area contributed by atoms with E-state index in [-0.39, 0.29) is 12.1 Å². The summed E-state index contributed by atoms with van der Waals surface area (Å²) in [4.78, 5) is 0. The molecule has 0 amide bonds. The van der Waals surface area contributed by atoms with Crippen molar-refractivity contribution in [3.63, 3.8) is 0 Å². The average molecular weight is 823 g/mol. The van der Waals surface area contributed by atoms with Crippen LogP contribution in [0.25, 0.3) is 0 Å². The lowest BCUT2D eigenvalue weighted by atomic mass is 10.6. The highest BCUT2D eigenvalue weighted by Crippen LogP contribution is 2.35. The second-order valence-corrected chi connectivity index (χ2v) is 36.7. The first kappa shape index (κ1) is 48.1. The van der Waals surface area contributed by atoms with E-state index in [1.54, 1.807) is 19.6 Å². The molecule has 0 aromatic heterocycles. The van der Waals surface area contributed by atoms with Gasteiger partial charge in [0.2, 0.25) is 0 Å². The Hall–Kier alpha value is 1.06. The molecule has 0 bridgehead atoms. The summed E-state index contributed by atoms with van der Waals surface area (Å²) in [5.74, 6) is 0. The number of hydrogen-bond donors (Lipinski definition) is 0. The SMILES string of the molecule is CCC[Si](OC)(OC)O[Si](OC)(O[Si](C)(OC)OC)O[Si](C)(OC)O[Si](CC[Si](OC)(OC)OC)(OC)O[Si](C)(OC)O[Si](C)(C)C. The second-order valence-electron chi connectivity index (χ2n) is 11.4. The van der Waals surface area contributed by atoms with Crippen LogP contribution in [-0.2, 0) is 73.4 Å². The molecule has 0 radical (unpaired) electrons. The molecular formula is C22H62O17Si8. The zero-order chi connectivity index (χ0) is 36.8. The maximum atomic E-state index is 6.84. The van der Waals surface area contributed by atoms with E-state index < -0.39 is 70.2 Å². The van der Waals surface area contributed by atoms with Crippen LogP contribution < -0.4 is 0 Å². The predicted molar refractivity (Wildman–Crippen MR) is 190 cm³/mol. The van der Waals surface area contributed by atoms with Crippen LogP contribution in [0, 0.1) is 0 Å². The van der Waals surface area contributed by atoms with Gasteiger partial charge in [0.05, 0.1) is 0 Å². The van der Waals surface area contributed by atoms with Gasteiger partial charge in [-0.3, -0.25) is 0 Å². The van der Waals surface area contributed by atoms with Gasteiger partial charge in [0, 0.05) is 116 Å². The van der Waals surface area contributed by atoms with Crippen LogP contribution in [0.4, 0.5) is 0 Å². The predicted octanol–water partition coefficient (Wildman–Crippen LogP) is 3.40. The summed E-state index contributed by atoms with van der Waals surface area (Å²) in [5.41, 5.74) is 0. The standard InChI is InChI=1S/C22H62O17Si8/c1-19-20-45(30-9,31-10)39-47(33-12,37-41(16,23-2)24-3)38-43(18,26-5)36-46(32-11,22-21-44(27-6,28-7)29-8)35-42(17,25-4)34-40(13,14)15/h19-22H2,1-18H3. The third kappa shape index (κ3) is 14.5. The number of hydrogen-bond acceptors (Lipinski definition) is 17. The maximum absolute atomic E-state index is 6.84. The molecule has 0 rings (SSSR count). The molecule has 0 aromatic rings. The summed E-state index contributed by atoms with van der Waals surface area (Å²) >= 11 is 0. The van der Waals surface area contributed by atoms with Crippen LogP contribution in [0.5, 0.6) is 0 Å². The highest BCUT2D eigenvalue weighted by atomic mass is 28.6. The molecule has 4 atom stereocenters. The van der Waals surface area contributed by atoms with Crippen molar-refractivity contribution in [1.82, 2.24) is 0 Å². The molecule has 0 aliphatic heterocycles. The fraction of sp³-hybridized carbons (Fsp3) is 1.00. The lowest BCUT2D eigenvalue weighted by Crippen LogP contribution is -2.70. The molecule has 47 heavy (non-hydrogen) atoms. The number of rotatable bonds is 28. The first-order valence-corrected chi connectivity index (χ1v) is 32.5. The van der Waals surface area contributed by atoms with Gasteiger partial charge in [0.15, 0.2) is 8.32 Å². The van der Waals surface area contributed by atoms with Gasteiger partial charge in [-0.2, -0.15) is 0 Å². The molecule has 0 aromatic carbocycles. The van der Waals surface area contributed by atoms with Crippen molar-refractivity contribution in [2.24, 2.45) is 0 Å². The first-order chi connectivity index (χ1) is 21.7. The van der Waals surface area contributed by atoms with Crippen molar-refractivity contribution in [3.05, 3.63) is 0 Å². The molecule has 17 nitrogen and oxygen atoms in total. The van der Waals surface area contributed by atoms with Gasteiger partial charge < -0.3 is 73.4 Å². The topological polar surface area (TPSA) is 157 Å². The largest absolute Gasteiger partial charge is 0.657 e. The molecular weight excluding hydrogens is 761 g/mol. The molecule has 0 N–H and O–H groups in total. The van der Waals surface area contributed by atoms with Gasteiger partial charge in [-0.25, -0.2) is 0 Å². The minimum absolute atomic E-state index is 0.151. The molecule has 0 heterocycles.